The van der Waals surface area contributed by atoms with Crippen LogP contribution in [-0.2, 0) is 0 Å². The molecule has 18 heavy (non-hydrogen) atoms. The van der Waals surface area contributed by atoms with Crippen molar-refractivity contribution in [2.24, 2.45) is 0 Å². The van der Waals surface area contributed by atoms with Crippen molar-refractivity contribution in [3.63, 3.8) is 0 Å². The van der Waals surface area contributed by atoms with E-state index in [2.05, 4.69) is 36.1 Å². The van der Waals surface area contributed by atoms with Gasteiger partial charge in [0, 0.05) is 17.2 Å². The van der Waals surface area contributed by atoms with E-state index in [1.165, 1.54) is 29.7 Å². The normalized spacial score (nSPS) is 18.8. The number of benzene rings is 1. The van der Waals surface area contributed by atoms with Gasteiger partial charge in [-0.3, -0.25) is 0 Å². The van der Waals surface area contributed by atoms with Gasteiger partial charge in [0.25, 0.3) is 0 Å². The molecule has 1 N–H and O–H groups in total. The Labute approximate surface area is 114 Å². The minimum Gasteiger partial charge on any atom is -0.391 e. The number of aliphatic hydroxyl groups excluding tert-OH is 1. The van der Waals surface area contributed by atoms with Gasteiger partial charge in [0.2, 0.25) is 0 Å². The summed E-state index contributed by atoms with van der Waals surface area (Å²) in [6, 6.07) is 8.38. The van der Waals surface area contributed by atoms with Gasteiger partial charge < -0.3 is 10.0 Å². The van der Waals surface area contributed by atoms with Gasteiger partial charge in [-0.25, -0.2) is 0 Å². The van der Waals surface area contributed by atoms with Crippen LogP contribution in [0.1, 0.15) is 24.8 Å². The number of nitrogens with zero attached hydrogens (tertiary/aromatic N) is 1. The number of piperidine rings is 1. The Kier molecular flexibility index (Phi) is 5.54. The second-order valence-electron chi connectivity index (χ2n) is 5.09. The first-order valence-corrected chi connectivity index (χ1v) is 7.83. The fourth-order valence-electron chi connectivity index (χ4n) is 2.40. The van der Waals surface area contributed by atoms with E-state index < -0.39 is 0 Å². The van der Waals surface area contributed by atoms with Crippen molar-refractivity contribution in [1.82, 2.24) is 4.90 Å². The molecule has 0 aliphatic carbocycles. The smallest absolute Gasteiger partial charge is 0.0760 e. The molecule has 1 unspecified atom stereocenters. The molecular formula is C15H23NOS. The molecule has 1 aliphatic heterocycles. The van der Waals surface area contributed by atoms with Crippen LogP contribution in [0.15, 0.2) is 29.2 Å². The molecule has 0 saturated carbocycles. The van der Waals surface area contributed by atoms with Crippen LogP contribution < -0.4 is 0 Å². The number of hydrogen-bond acceptors (Lipinski definition) is 3. The van der Waals surface area contributed by atoms with E-state index in [4.69, 9.17) is 0 Å². The van der Waals surface area contributed by atoms with Gasteiger partial charge in [-0.1, -0.05) is 24.6 Å². The maximum atomic E-state index is 10.1. The highest BCUT2D eigenvalue weighted by Crippen LogP contribution is 2.22. The van der Waals surface area contributed by atoms with E-state index in [9.17, 15) is 5.11 Å². The monoisotopic (exact) mass is 265 g/mol. The quantitative estimate of drug-likeness (QED) is 0.828. The highest BCUT2D eigenvalue weighted by Gasteiger charge is 2.14. The van der Waals surface area contributed by atoms with Crippen LogP contribution in [-0.4, -0.2) is 41.5 Å². The predicted molar refractivity (Wildman–Crippen MR) is 78.2 cm³/mol. The zero-order valence-corrected chi connectivity index (χ0v) is 12.0. The summed E-state index contributed by atoms with van der Waals surface area (Å²) in [4.78, 5) is 3.68. The minimum absolute atomic E-state index is 0.215. The lowest BCUT2D eigenvalue weighted by Crippen LogP contribution is -2.37. The van der Waals surface area contributed by atoms with E-state index in [1.54, 1.807) is 11.8 Å². The van der Waals surface area contributed by atoms with E-state index in [0.717, 1.165) is 25.4 Å². The Hall–Kier alpha value is -0.510. The molecule has 1 aliphatic rings. The lowest BCUT2D eigenvalue weighted by molar-refractivity contribution is 0.117. The van der Waals surface area contributed by atoms with Crippen molar-refractivity contribution in [2.45, 2.75) is 37.2 Å². The molecule has 1 atom stereocenters. The fraction of sp³-hybridized carbons (Fsp3) is 0.600. The Balaban J connectivity index is 1.74. The highest BCUT2D eigenvalue weighted by atomic mass is 32.2. The van der Waals surface area contributed by atoms with Gasteiger partial charge in [-0.05, 0) is 44.5 Å². The third kappa shape index (κ3) is 4.30. The molecule has 1 aromatic carbocycles. The largest absolute Gasteiger partial charge is 0.391 e. The summed E-state index contributed by atoms with van der Waals surface area (Å²) < 4.78 is 0. The molecule has 2 rings (SSSR count). The molecule has 0 radical (unpaired) electrons. The van der Waals surface area contributed by atoms with Gasteiger partial charge in [-0.2, -0.15) is 0 Å². The summed E-state index contributed by atoms with van der Waals surface area (Å²) >= 11 is 1.77. The SMILES string of the molecule is Cc1ccccc1SCC(O)CN1CCCCC1. The van der Waals surface area contributed by atoms with E-state index >= 15 is 0 Å². The molecule has 0 amide bonds. The highest BCUT2D eigenvalue weighted by molar-refractivity contribution is 7.99. The second-order valence-corrected chi connectivity index (χ2v) is 6.15. The first-order valence-electron chi connectivity index (χ1n) is 6.84. The van der Waals surface area contributed by atoms with Gasteiger partial charge in [0.1, 0.15) is 0 Å². The van der Waals surface area contributed by atoms with Crippen LogP contribution in [0.3, 0.4) is 0 Å². The number of aliphatic hydroxyl groups is 1. The zero-order chi connectivity index (χ0) is 12.8. The summed E-state index contributed by atoms with van der Waals surface area (Å²) in [5.41, 5.74) is 1.30. The van der Waals surface area contributed by atoms with Crippen molar-refractivity contribution in [3.8, 4) is 0 Å². The zero-order valence-electron chi connectivity index (χ0n) is 11.1. The minimum atomic E-state index is -0.215. The molecule has 1 saturated heterocycles. The van der Waals surface area contributed by atoms with Crippen molar-refractivity contribution >= 4 is 11.8 Å². The number of likely N-dealkylation sites (tertiary alicyclic amines) is 1. The van der Waals surface area contributed by atoms with E-state index in [0.29, 0.717) is 0 Å². The molecule has 3 heteroatoms. The van der Waals surface area contributed by atoms with Crippen molar-refractivity contribution in [1.29, 1.82) is 0 Å². The topological polar surface area (TPSA) is 23.5 Å². The number of β-amino-alcohol motifs (C(OH)–C–C–N with tert-alkyl or cyclic N) is 1. The summed E-state index contributed by atoms with van der Waals surface area (Å²) in [5, 5.41) is 10.1. The average Bonchev–Trinajstić information content (AvgIpc) is 2.39. The maximum absolute atomic E-state index is 10.1. The second kappa shape index (κ2) is 7.17. The number of aryl methyl sites for hydroxylation is 1. The van der Waals surface area contributed by atoms with Gasteiger partial charge in [0.15, 0.2) is 0 Å². The maximum Gasteiger partial charge on any atom is 0.0760 e. The lowest BCUT2D eigenvalue weighted by Gasteiger charge is -2.28. The van der Waals surface area contributed by atoms with Crippen LogP contribution in [0.5, 0.6) is 0 Å². The number of rotatable bonds is 5. The number of hydrogen-bond donors (Lipinski definition) is 1. The molecule has 0 aromatic heterocycles. The predicted octanol–water partition coefficient (Wildman–Crippen LogP) is 2.93. The van der Waals surface area contributed by atoms with Crippen LogP contribution in [0.2, 0.25) is 0 Å². The van der Waals surface area contributed by atoms with Crippen LogP contribution in [0, 0.1) is 6.92 Å². The first-order chi connectivity index (χ1) is 8.75. The Morgan fingerprint density at radius 1 is 1.22 bits per heavy atom. The van der Waals surface area contributed by atoms with Gasteiger partial charge in [-0.15, -0.1) is 11.8 Å². The van der Waals surface area contributed by atoms with Crippen molar-refractivity contribution in [2.75, 3.05) is 25.4 Å². The molecule has 1 heterocycles. The van der Waals surface area contributed by atoms with Gasteiger partial charge >= 0.3 is 0 Å². The molecule has 0 bridgehead atoms. The Bertz CT molecular complexity index is 363. The molecule has 0 spiro atoms. The summed E-state index contributed by atoms with van der Waals surface area (Å²) in [7, 11) is 0. The summed E-state index contributed by atoms with van der Waals surface area (Å²) in [6.45, 7) is 5.27. The van der Waals surface area contributed by atoms with Crippen LogP contribution >= 0.6 is 11.8 Å². The van der Waals surface area contributed by atoms with Crippen molar-refractivity contribution in [3.05, 3.63) is 29.8 Å². The van der Waals surface area contributed by atoms with Crippen LogP contribution in [0.4, 0.5) is 0 Å². The Morgan fingerprint density at radius 3 is 2.67 bits per heavy atom. The van der Waals surface area contributed by atoms with Crippen molar-refractivity contribution < 1.29 is 5.11 Å². The summed E-state index contributed by atoms with van der Waals surface area (Å²) in [6.07, 6.45) is 3.72. The average molecular weight is 265 g/mol. The lowest BCUT2D eigenvalue weighted by atomic mass is 10.1. The Morgan fingerprint density at radius 2 is 1.94 bits per heavy atom. The summed E-state index contributed by atoms with van der Waals surface area (Å²) in [5.74, 6) is 0.793. The molecule has 1 aromatic rings. The molecule has 1 fully saturated rings. The molecule has 2 nitrogen and oxygen atoms in total. The van der Waals surface area contributed by atoms with E-state index in [1.807, 2.05) is 0 Å². The molecular weight excluding hydrogens is 242 g/mol. The van der Waals surface area contributed by atoms with E-state index in [-0.39, 0.29) is 6.10 Å². The first kappa shape index (κ1) is 13.9. The third-order valence-electron chi connectivity index (χ3n) is 3.44. The number of thioether (sulfide) groups is 1. The molecule has 100 valence electrons. The standard InChI is InChI=1S/C15H23NOS/c1-13-7-3-4-8-15(13)18-12-14(17)11-16-9-5-2-6-10-16/h3-4,7-8,14,17H,2,5-6,9-12H2,1H3. The van der Waals surface area contributed by atoms with Gasteiger partial charge in [0.05, 0.1) is 6.10 Å². The third-order valence-corrected chi connectivity index (χ3v) is 4.76. The fourth-order valence-corrected chi connectivity index (χ4v) is 3.34. The van der Waals surface area contributed by atoms with Crippen LogP contribution in [0.25, 0.3) is 0 Å².